The van der Waals surface area contributed by atoms with Crippen molar-refractivity contribution in [2.75, 3.05) is 0 Å². The monoisotopic (exact) mass is 240 g/mol. The minimum absolute atomic E-state index is 0.0158. The molecule has 0 aromatic heterocycles. The van der Waals surface area contributed by atoms with Gasteiger partial charge in [0.1, 0.15) is 6.10 Å². The Balaban J connectivity index is 2.28. The molecule has 4 nitrogen and oxygen atoms in total. The van der Waals surface area contributed by atoms with Crippen molar-refractivity contribution < 1.29 is 19.1 Å². The predicted octanol–water partition coefficient (Wildman–Crippen LogP) is 2.37. The third-order valence-corrected chi connectivity index (χ3v) is 2.54. The van der Waals surface area contributed by atoms with Crippen LogP contribution in [0.3, 0.4) is 0 Å². The van der Waals surface area contributed by atoms with Crippen LogP contribution >= 0.6 is 0 Å². The van der Waals surface area contributed by atoms with Crippen molar-refractivity contribution in [2.24, 2.45) is 0 Å². The van der Waals surface area contributed by atoms with Crippen LogP contribution in [0.1, 0.15) is 46.0 Å². The van der Waals surface area contributed by atoms with E-state index in [2.05, 4.69) is 0 Å². The standard InChI is InChI=1S/C13H20O4/c1-10(2)16-12(14)8-9-13(15)17-11-6-4-3-5-7-11/h8-11H,3-7H2,1-2H3/b9-8+. The molecule has 0 radical (unpaired) electrons. The molecule has 0 unspecified atom stereocenters. The maximum Gasteiger partial charge on any atom is 0.331 e. The fourth-order valence-corrected chi connectivity index (χ4v) is 1.79. The Kier molecular flexibility index (Phi) is 5.73. The number of hydrogen-bond donors (Lipinski definition) is 0. The Morgan fingerprint density at radius 2 is 1.65 bits per heavy atom. The van der Waals surface area contributed by atoms with Crippen LogP contribution in [0.15, 0.2) is 12.2 Å². The third-order valence-electron chi connectivity index (χ3n) is 2.54. The zero-order valence-electron chi connectivity index (χ0n) is 10.5. The Labute approximate surface area is 102 Å². The van der Waals surface area contributed by atoms with E-state index in [1.807, 2.05) is 0 Å². The molecule has 0 heterocycles. The molecule has 0 aromatic rings. The summed E-state index contributed by atoms with van der Waals surface area (Å²) in [6.07, 6.45) is 7.37. The quantitative estimate of drug-likeness (QED) is 0.559. The van der Waals surface area contributed by atoms with Crippen molar-refractivity contribution in [3.05, 3.63) is 12.2 Å². The van der Waals surface area contributed by atoms with E-state index >= 15 is 0 Å². The van der Waals surface area contributed by atoms with Crippen molar-refractivity contribution in [2.45, 2.75) is 58.2 Å². The number of rotatable bonds is 4. The van der Waals surface area contributed by atoms with Crippen LogP contribution in [0, 0.1) is 0 Å². The van der Waals surface area contributed by atoms with Crippen molar-refractivity contribution in [3.8, 4) is 0 Å². The Hall–Kier alpha value is -1.32. The summed E-state index contributed by atoms with van der Waals surface area (Å²) in [4.78, 5) is 22.5. The minimum atomic E-state index is -0.513. The maximum atomic E-state index is 11.4. The van der Waals surface area contributed by atoms with E-state index in [4.69, 9.17) is 9.47 Å². The first-order valence-electron chi connectivity index (χ1n) is 6.17. The highest BCUT2D eigenvalue weighted by Crippen LogP contribution is 2.20. The SMILES string of the molecule is CC(C)OC(=O)/C=C/C(=O)OC1CCCCC1. The summed E-state index contributed by atoms with van der Waals surface area (Å²) in [6, 6.07) is 0. The van der Waals surface area contributed by atoms with Crippen LogP contribution in [0.2, 0.25) is 0 Å². The highest BCUT2D eigenvalue weighted by Gasteiger charge is 2.16. The summed E-state index contributed by atoms with van der Waals surface area (Å²) in [5.74, 6) is -0.974. The number of hydrogen-bond acceptors (Lipinski definition) is 4. The number of esters is 2. The molecule has 1 aliphatic rings. The van der Waals surface area contributed by atoms with Crippen LogP contribution in [0.25, 0.3) is 0 Å². The van der Waals surface area contributed by atoms with Gasteiger partial charge in [0.25, 0.3) is 0 Å². The van der Waals surface area contributed by atoms with Gasteiger partial charge in [-0.05, 0) is 39.5 Å². The maximum absolute atomic E-state index is 11.4. The van der Waals surface area contributed by atoms with Gasteiger partial charge >= 0.3 is 11.9 Å². The van der Waals surface area contributed by atoms with Crippen LogP contribution in [0.5, 0.6) is 0 Å². The average Bonchev–Trinajstić information content (AvgIpc) is 2.27. The largest absolute Gasteiger partial charge is 0.460 e. The van der Waals surface area contributed by atoms with Crippen molar-refractivity contribution in [1.82, 2.24) is 0 Å². The third kappa shape index (κ3) is 6.09. The molecule has 0 amide bonds. The number of carbonyl (C=O) groups is 2. The Morgan fingerprint density at radius 3 is 2.24 bits per heavy atom. The van der Waals surface area contributed by atoms with Gasteiger partial charge < -0.3 is 9.47 Å². The second kappa shape index (κ2) is 7.09. The van der Waals surface area contributed by atoms with Gasteiger partial charge in [0.2, 0.25) is 0 Å². The summed E-state index contributed by atoms with van der Waals surface area (Å²) in [6.45, 7) is 3.51. The Bertz CT molecular complexity index is 288. The van der Waals surface area contributed by atoms with E-state index in [0.717, 1.165) is 37.8 Å². The van der Waals surface area contributed by atoms with Crippen molar-refractivity contribution in [3.63, 3.8) is 0 Å². The summed E-state index contributed by atoms with van der Waals surface area (Å²) < 4.78 is 10.1. The van der Waals surface area contributed by atoms with E-state index in [1.54, 1.807) is 13.8 Å². The number of ether oxygens (including phenoxy) is 2. The first-order valence-corrected chi connectivity index (χ1v) is 6.17. The van der Waals surface area contributed by atoms with Crippen LogP contribution in [-0.2, 0) is 19.1 Å². The molecule has 0 aliphatic heterocycles. The summed E-state index contributed by atoms with van der Waals surface area (Å²) in [5, 5.41) is 0. The average molecular weight is 240 g/mol. The minimum Gasteiger partial charge on any atom is -0.460 e. The van der Waals surface area contributed by atoms with Gasteiger partial charge in [0.15, 0.2) is 0 Å². The van der Waals surface area contributed by atoms with E-state index in [1.165, 1.54) is 6.42 Å². The summed E-state index contributed by atoms with van der Waals surface area (Å²) >= 11 is 0. The van der Waals surface area contributed by atoms with E-state index in [0.29, 0.717) is 0 Å². The lowest BCUT2D eigenvalue weighted by Crippen LogP contribution is -2.20. The topological polar surface area (TPSA) is 52.6 Å². The summed E-state index contributed by atoms with van der Waals surface area (Å²) in [7, 11) is 0. The van der Waals surface area contributed by atoms with Gasteiger partial charge in [-0.25, -0.2) is 9.59 Å². The van der Waals surface area contributed by atoms with E-state index in [9.17, 15) is 9.59 Å². The molecule has 0 spiro atoms. The van der Waals surface area contributed by atoms with E-state index < -0.39 is 11.9 Å². The normalized spacial score (nSPS) is 17.4. The summed E-state index contributed by atoms with van der Waals surface area (Å²) in [5.41, 5.74) is 0. The zero-order valence-corrected chi connectivity index (χ0v) is 10.5. The molecule has 1 saturated carbocycles. The van der Waals surface area contributed by atoms with E-state index in [-0.39, 0.29) is 12.2 Å². The lowest BCUT2D eigenvalue weighted by molar-refractivity contribution is -0.146. The molecule has 0 atom stereocenters. The molecule has 1 aliphatic carbocycles. The van der Waals surface area contributed by atoms with Crippen LogP contribution in [0.4, 0.5) is 0 Å². The molecular weight excluding hydrogens is 220 g/mol. The molecule has 0 saturated heterocycles. The lowest BCUT2D eigenvalue weighted by Gasteiger charge is -2.20. The second-order valence-electron chi connectivity index (χ2n) is 4.52. The molecule has 1 rings (SSSR count). The Morgan fingerprint density at radius 1 is 1.06 bits per heavy atom. The van der Waals surface area contributed by atoms with Gasteiger partial charge in [0, 0.05) is 12.2 Å². The predicted molar refractivity (Wildman–Crippen MR) is 63.3 cm³/mol. The fraction of sp³-hybridized carbons (Fsp3) is 0.692. The molecule has 0 aromatic carbocycles. The molecule has 0 bridgehead atoms. The molecule has 96 valence electrons. The van der Waals surface area contributed by atoms with Crippen molar-refractivity contribution in [1.29, 1.82) is 0 Å². The zero-order chi connectivity index (χ0) is 12.7. The number of carbonyl (C=O) groups excluding carboxylic acids is 2. The van der Waals surface area contributed by atoms with Gasteiger partial charge in [-0.2, -0.15) is 0 Å². The first-order chi connectivity index (χ1) is 8.08. The highest BCUT2D eigenvalue weighted by atomic mass is 16.5. The van der Waals surface area contributed by atoms with Crippen molar-refractivity contribution >= 4 is 11.9 Å². The lowest BCUT2D eigenvalue weighted by atomic mass is 9.98. The van der Waals surface area contributed by atoms with Gasteiger partial charge in [-0.1, -0.05) is 6.42 Å². The van der Waals surface area contributed by atoms with Crippen LogP contribution in [-0.4, -0.2) is 24.1 Å². The second-order valence-corrected chi connectivity index (χ2v) is 4.52. The van der Waals surface area contributed by atoms with Gasteiger partial charge in [0.05, 0.1) is 6.10 Å². The fourth-order valence-electron chi connectivity index (χ4n) is 1.79. The first kappa shape index (κ1) is 13.7. The molecule has 4 heteroatoms. The van der Waals surface area contributed by atoms with Gasteiger partial charge in [-0.15, -0.1) is 0 Å². The molecule has 0 N–H and O–H groups in total. The van der Waals surface area contributed by atoms with Crippen LogP contribution < -0.4 is 0 Å². The molecule has 17 heavy (non-hydrogen) atoms. The molecule has 1 fully saturated rings. The molecular formula is C13H20O4. The smallest absolute Gasteiger partial charge is 0.331 e. The van der Waals surface area contributed by atoms with Gasteiger partial charge in [-0.3, -0.25) is 0 Å². The highest BCUT2D eigenvalue weighted by molar-refractivity contribution is 5.91.